The maximum absolute atomic E-state index is 14.2. The second-order valence-electron chi connectivity index (χ2n) is 11.2. The molecule has 4 aromatic rings. The number of aromatic nitrogens is 4. The van der Waals surface area contributed by atoms with Gasteiger partial charge in [0.05, 0.1) is 55.6 Å². The minimum atomic E-state index is -4.79. The number of nitrogens with zero attached hydrogens (tertiary/aromatic N) is 4. The Kier molecular flexibility index (Phi) is 10.3. The summed E-state index contributed by atoms with van der Waals surface area (Å²) in [5.74, 6) is -0.457. The summed E-state index contributed by atoms with van der Waals surface area (Å²) in [7, 11) is -0.407. The van der Waals surface area contributed by atoms with E-state index >= 15 is 0 Å². The van der Waals surface area contributed by atoms with Crippen LogP contribution in [0.2, 0.25) is 0 Å². The molecule has 1 saturated carbocycles. The zero-order valence-corrected chi connectivity index (χ0v) is 27.4. The van der Waals surface area contributed by atoms with Crippen LogP contribution in [0.5, 0.6) is 11.6 Å². The largest absolute Gasteiger partial charge is 0.494 e. The lowest BCUT2D eigenvalue weighted by atomic mass is 9.81. The van der Waals surface area contributed by atoms with Gasteiger partial charge in [0.25, 0.3) is 0 Å². The number of benzene rings is 1. The Labute approximate surface area is 269 Å². The average molecular weight is 679 g/mol. The number of aliphatic hydroxyl groups excluding tert-OH is 1. The predicted molar refractivity (Wildman–Crippen MR) is 171 cm³/mol. The van der Waals surface area contributed by atoms with E-state index in [1.54, 1.807) is 33.2 Å². The molecule has 1 aromatic carbocycles. The summed E-state index contributed by atoms with van der Waals surface area (Å²) in [4.78, 5) is 12.4. The molecule has 3 aromatic heterocycles. The van der Waals surface area contributed by atoms with Crippen molar-refractivity contribution in [1.29, 1.82) is 0 Å². The van der Waals surface area contributed by atoms with E-state index in [9.17, 15) is 27.9 Å². The van der Waals surface area contributed by atoms with Crippen molar-refractivity contribution in [1.82, 2.24) is 19.5 Å². The van der Waals surface area contributed by atoms with E-state index in [0.717, 1.165) is 18.4 Å². The number of aryl methyl sites for hydroxylation is 1. The molecule has 0 saturated heterocycles. The maximum Gasteiger partial charge on any atom is 0.421 e. The van der Waals surface area contributed by atoms with Crippen LogP contribution in [0.25, 0.3) is 10.8 Å². The first-order valence-corrected chi connectivity index (χ1v) is 17.0. The van der Waals surface area contributed by atoms with Crippen LogP contribution in [-0.4, -0.2) is 56.2 Å². The van der Waals surface area contributed by atoms with Crippen LogP contribution < -0.4 is 15.4 Å². The second-order valence-corrected chi connectivity index (χ2v) is 13.3. The van der Waals surface area contributed by atoms with Gasteiger partial charge in [0.2, 0.25) is 11.8 Å². The minimum absolute atomic E-state index is 0.113. The van der Waals surface area contributed by atoms with E-state index in [-0.39, 0.29) is 60.4 Å². The van der Waals surface area contributed by atoms with Gasteiger partial charge < -0.3 is 39.2 Å². The second kappa shape index (κ2) is 14.1. The van der Waals surface area contributed by atoms with Gasteiger partial charge in [0, 0.05) is 30.9 Å². The summed E-state index contributed by atoms with van der Waals surface area (Å²) in [6.07, 6.45) is 1.35. The van der Waals surface area contributed by atoms with Gasteiger partial charge in [-0.2, -0.15) is 18.2 Å². The fourth-order valence-corrected chi connectivity index (χ4v) is 7.45. The van der Waals surface area contributed by atoms with E-state index in [0.29, 0.717) is 35.5 Å². The standard InChI is InChI=1S/C31H38F3N6O6P/c1-5-45-47(43,46-6-2)17-19-13-26(44-4)25(15-35-19)38-30-36-14-23(31(32,33)34)28(39-30)37-24-12-11-21(18-7-9-20(41)10-8-18)22-16-40(3)29(42)27(22)24/h11-16,18,20,41-42H,5-10,17H2,1-4H3,(H2,36,37,38,39). The van der Waals surface area contributed by atoms with Crippen molar-refractivity contribution in [2.75, 3.05) is 31.0 Å². The summed E-state index contributed by atoms with van der Waals surface area (Å²) >= 11 is 0. The fourth-order valence-electron chi connectivity index (χ4n) is 5.83. The van der Waals surface area contributed by atoms with Crippen molar-refractivity contribution < 1.29 is 41.7 Å². The zero-order chi connectivity index (χ0) is 33.9. The van der Waals surface area contributed by atoms with E-state index in [4.69, 9.17) is 13.8 Å². The molecule has 12 nitrogen and oxygen atoms in total. The number of nitrogens with one attached hydrogen (secondary N) is 2. The first-order valence-electron chi connectivity index (χ1n) is 15.2. The van der Waals surface area contributed by atoms with Crippen LogP contribution in [0.4, 0.5) is 36.3 Å². The highest BCUT2D eigenvalue weighted by Gasteiger charge is 2.36. The number of rotatable bonds is 12. The Hall–Kier alpha value is -3.91. The molecule has 0 amide bonds. The van der Waals surface area contributed by atoms with Crippen LogP contribution in [-0.2, 0) is 33.0 Å². The van der Waals surface area contributed by atoms with Crippen molar-refractivity contribution in [2.24, 2.45) is 7.05 Å². The molecule has 4 N–H and O–H groups in total. The van der Waals surface area contributed by atoms with Gasteiger partial charge in [-0.25, -0.2) is 4.98 Å². The first-order chi connectivity index (χ1) is 22.4. The summed E-state index contributed by atoms with van der Waals surface area (Å²) in [6, 6.07) is 4.99. The van der Waals surface area contributed by atoms with Gasteiger partial charge in [0.15, 0.2) is 0 Å². The SMILES string of the molecule is CCOP(=O)(Cc1cc(OC)c(Nc2ncc(C(F)(F)F)c(Nc3ccc(C4CCC(O)CC4)c4cn(C)c(O)c34)n2)cn1)OCC. The quantitative estimate of drug-likeness (QED) is 0.111. The minimum Gasteiger partial charge on any atom is -0.494 e. The normalized spacial score (nSPS) is 17.2. The molecule has 3 heterocycles. The first kappa shape index (κ1) is 34.4. The molecule has 47 heavy (non-hydrogen) atoms. The summed E-state index contributed by atoms with van der Waals surface area (Å²) in [5.41, 5.74) is 0.670. The molecule has 0 bridgehead atoms. The number of hydrogen-bond acceptors (Lipinski definition) is 11. The van der Waals surface area contributed by atoms with E-state index in [1.165, 1.54) is 23.9 Å². The van der Waals surface area contributed by atoms with Crippen LogP contribution in [0.15, 0.2) is 36.8 Å². The van der Waals surface area contributed by atoms with Crippen molar-refractivity contribution in [3.05, 3.63) is 53.6 Å². The lowest BCUT2D eigenvalue weighted by molar-refractivity contribution is -0.137. The van der Waals surface area contributed by atoms with Gasteiger partial charge in [-0.3, -0.25) is 9.55 Å². The molecule has 0 radical (unpaired) electrons. The number of halogens is 3. The topological polar surface area (TPSA) is 153 Å². The van der Waals surface area contributed by atoms with Crippen molar-refractivity contribution in [3.8, 4) is 11.6 Å². The zero-order valence-electron chi connectivity index (χ0n) is 26.5. The van der Waals surface area contributed by atoms with Gasteiger partial charge in [0.1, 0.15) is 22.8 Å². The fraction of sp³-hybridized carbons (Fsp3) is 0.452. The van der Waals surface area contributed by atoms with Crippen molar-refractivity contribution >= 4 is 41.5 Å². The van der Waals surface area contributed by atoms with Gasteiger partial charge in [-0.1, -0.05) is 6.07 Å². The third-order valence-corrected chi connectivity index (χ3v) is 10.1. The van der Waals surface area contributed by atoms with Gasteiger partial charge >= 0.3 is 13.8 Å². The molecule has 5 rings (SSSR count). The van der Waals surface area contributed by atoms with Gasteiger partial charge in [-0.05, 0) is 57.1 Å². The molecule has 1 fully saturated rings. The molecular weight excluding hydrogens is 640 g/mol. The smallest absolute Gasteiger partial charge is 0.421 e. The Morgan fingerprint density at radius 3 is 2.38 bits per heavy atom. The monoisotopic (exact) mass is 678 g/mol. The van der Waals surface area contributed by atoms with Crippen LogP contribution in [0, 0.1) is 0 Å². The molecule has 254 valence electrons. The molecule has 0 spiro atoms. The third kappa shape index (κ3) is 7.64. The van der Waals surface area contributed by atoms with Crippen LogP contribution in [0.1, 0.15) is 62.3 Å². The van der Waals surface area contributed by atoms with E-state index in [1.807, 2.05) is 6.07 Å². The summed E-state index contributed by atoms with van der Waals surface area (Å²) in [6.45, 7) is 3.76. The molecule has 1 aliphatic rings. The molecule has 0 atom stereocenters. The average Bonchev–Trinajstić information content (AvgIpc) is 3.32. The molecule has 1 aliphatic carbocycles. The lowest BCUT2D eigenvalue weighted by Gasteiger charge is -2.26. The van der Waals surface area contributed by atoms with E-state index in [2.05, 4.69) is 25.6 Å². The highest BCUT2D eigenvalue weighted by molar-refractivity contribution is 7.53. The van der Waals surface area contributed by atoms with Crippen LogP contribution >= 0.6 is 7.60 Å². The lowest BCUT2D eigenvalue weighted by Crippen LogP contribution is -2.17. The third-order valence-electron chi connectivity index (χ3n) is 8.04. The molecule has 0 aliphatic heterocycles. The number of fused-ring (bicyclic) bond motifs is 1. The molecule has 16 heteroatoms. The number of pyridine rings is 1. The number of hydrogen-bond donors (Lipinski definition) is 4. The van der Waals surface area contributed by atoms with Crippen molar-refractivity contribution in [2.45, 2.75) is 63.9 Å². The summed E-state index contributed by atoms with van der Waals surface area (Å²) < 4.78 is 73.1. The highest BCUT2D eigenvalue weighted by atomic mass is 31.2. The molecule has 0 unspecified atom stereocenters. The van der Waals surface area contributed by atoms with Crippen molar-refractivity contribution in [3.63, 3.8) is 0 Å². The number of alkyl halides is 3. The van der Waals surface area contributed by atoms with E-state index < -0.39 is 25.2 Å². The number of anilines is 4. The number of aliphatic hydroxyl groups is 1. The predicted octanol–water partition coefficient (Wildman–Crippen LogP) is 7.37. The Morgan fingerprint density at radius 2 is 1.74 bits per heavy atom. The summed E-state index contributed by atoms with van der Waals surface area (Å²) in [5, 5.41) is 27.7. The Morgan fingerprint density at radius 1 is 1.04 bits per heavy atom. The Bertz CT molecular complexity index is 1770. The molecular formula is C31H38F3N6O6P. The van der Waals surface area contributed by atoms with Crippen LogP contribution in [0.3, 0.4) is 0 Å². The number of ether oxygens (including phenoxy) is 1. The van der Waals surface area contributed by atoms with Gasteiger partial charge in [-0.15, -0.1) is 0 Å². The highest BCUT2D eigenvalue weighted by Crippen LogP contribution is 2.51. The number of methoxy groups -OCH3 is 1. The Balaban J connectivity index is 1.48. The maximum atomic E-state index is 14.2. The number of aromatic hydroxyl groups is 1.